The van der Waals surface area contributed by atoms with Crippen molar-refractivity contribution in [3.8, 4) is 5.88 Å². The summed E-state index contributed by atoms with van der Waals surface area (Å²) in [5.74, 6) is -0.0685. The van der Waals surface area contributed by atoms with E-state index >= 15 is 0 Å². The van der Waals surface area contributed by atoms with Gasteiger partial charge in [-0.25, -0.2) is 4.98 Å². The van der Waals surface area contributed by atoms with E-state index in [9.17, 15) is 18.0 Å². The molecule has 2 heterocycles. The minimum absolute atomic E-state index is 0.113. The van der Waals surface area contributed by atoms with Crippen molar-refractivity contribution in [1.29, 1.82) is 0 Å². The lowest BCUT2D eigenvalue weighted by molar-refractivity contribution is -0.158. The third-order valence-electron chi connectivity index (χ3n) is 3.19. The average Bonchev–Trinajstić information content (AvgIpc) is 2.76. The predicted molar refractivity (Wildman–Crippen MR) is 68.7 cm³/mol. The molecule has 0 bridgehead atoms. The van der Waals surface area contributed by atoms with Crippen LogP contribution in [0.5, 0.6) is 5.88 Å². The Morgan fingerprint density at radius 1 is 1.48 bits per heavy atom. The molecule has 1 fully saturated rings. The monoisotopic (exact) mass is 303 g/mol. The third-order valence-corrected chi connectivity index (χ3v) is 3.19. The van der Waals surface area contributed by atoms with Gasteiger partial charge in [0.15, 0.2) is 0 Å². The summed E-state index contributed by atoms with van der Waals surface area (Å²) in [6.45, 7) is -0.781. The van der Waals surface area contributed by atoms with Crippen molar-refractivity contribution >= 4 is 5.91 Å². The van der Waals surface area contributed by atoms with Gasteiger partial charge in [-0.15, -0.1) is 0 Å². The molecule has 5 nitrogen and oxygen atoms in total. The molecule has 1 aromatic heterocycles. The van der Waals surface area contributed by atoms with Gasteiger partial charge in [0.05, 0.1) is 18.8 Å². The fourth-order valence-corrected chi connectivity index (χ4v) is 2.20. The number of pyridine rings is 1. The normalized spacial score (nSPS) is 19.1. The highest BCUT2D eigenvalue weighted by atomic mass is 19.4. The maximum atomic E-state index is 12.3. The van der Waals surface area contributed by atoms with Crippen LogP contribution in [0.2, 0.25) is 0 Å². The van der Waals surface area contributed by atoms with Gasteiger partial charge in [-0.1, -0.05) is 6.07 Å². The second kappa shape index (κ2) is 6.30. The molecule has 0 unspecified atom stereocenters. The SMILES string of the molecule is COc1cccc(CN[C@@H]2CCN(CC(F)(F)F)C2=O)n1. The Morgan fingerprint density at radius 2 is 2.24 bits per heavy atom. The largest absolute Gasteiger partial charge is 0.481 e. The van der Waals surface area contributed by atoms with Gasteiger partial charge in [-0.3, -0.25) is 4.79 Å². The summed E-state index contributed by atoms with van der Waals surface area (Å²) in [5, 5.41) is 2.94. The molecule has 1 atom stereocenters. The average molecular weight is 303 g/mol. The lowest BCUT2D eigenvalue weighted by Crippen LogP contribution is -2.41. The molecule has 1 amide bonds. The number of methoxy groups -OCH3 is 1. The maximum absolute atomic E-state index is 12.3. The van der Waals surface area contributed by atoms with Gasteiger partial charge >= 0.3 is 6.18 Å². The number of carbonyl (C=O) groups excluding carboxylic acids is 1. The van der Waals surface area contributed by atoms with Crippen molar-refractivity contribution < 1.29 is 22.7 Å². The molecule has 0 aromatic carbocycles. The van der Waals surface area contributed by atoms with E-state index in [1.165, 1.54) is 7.11 Å². The van der Waals surface area contributed by atoms with E-state index in [0.29, 0.717) is 24.5 Å². The summed E-state index contributed by atoms with van der Waals surface area (Å²) in [4.78, 5) is 16.8. The fraction of sp³-hybridized carbons (Fsp3) is 0.538. The number of hydrogen-bond acceptors (Lipinski definition) is 4. The van der Waals surface area contributed by atoms with Gasteiger partial charge in [-0.2, -0.15) is 13.2 Å². The van der Waals surface area contributed by atoms with Gasteiger partial charge in [0.25, 0.3) is 0 Å². The molecular formula is C13H16F3N3O2. The summed E-state index contributed by atoms with van der Waals surface area (Å²) in [6, 6.07) is 4.60. The molecule has 1 saturated heterocycles. The number of nitrogens with zero attached hydrogens (tertiary/aromatic N) is 2. The lowest BCUT2D eigenvalue weighted by Gasteiger charge is -2.18. The van der Waals surface area contributed by atoms with Crippen molar-refractivity contribution in [2.45, 2.75) is 25.2 Å². The molecule has 2 rings (SSSR count). The lowest BCUT2D eigenvalue weighted by atomic mass is 10.2. The highest BCUT2D eigenvalue weighted by Crippen LogP contribution is 2.21. The van der Waals surface area contributed by atoms with Crippen LogP contribution < -0.4 is 10.1 Å². The molecule has 8 heteroatoms. The first kappa shape index (κ1) is 15.6. The Labute approximate surface area is 120 Å². The van der Waals surface area contributed by atoms with Gasteiger partial charge in [-0.05, 0) is 12.5 Å². The Bertz CT molecular complexity index is 508. The van der Waals surface area contributed by atoms with Gasteiger partial charge < -0.3 is 15.0 Å². The molecular weight excluding hydrogens is 287 g/mol. The minimum atomic E-state index is -4.36. The van der Waals surface area contributed by atoms with Crippen LogP contribution in [0.3, 0.4) is 0 Å². The predicted octanol–water partition coefficient (Wildman–Crippen LogP) is 1.34. The number of ether oxygens (including phenoxy) is 1. The first-order valence-electron chi connectivity index (χ1n) is 6.48. The zero-order valence-electron chi connectivity index (χ0n) is 11.5. The maximum Gasteiger partial charge on any atom is 0.406 e. The van der Waals surface area contributed by atoms with Gasteiger partial charge in [0.2, 0.25) is 11.8 Å². The highest BCUT2D eigenvalue weighted by molar-refractivity contribution is 5.84. The third kappa shape index (κ3) is 4.32. The van der Waals surface area contributed by atoms with Crippen molar-refractivity contribution in [3.63, 3.8) is 0 Å². The van der Waals surface area contributed by atoms with Crippen molar-refractivity contribution in [2.24, 2.45) is 0 Å². The molecule has 0 spiro atoms. The zero-order valence-corrected chi connectivity index (χ0v) is 11.5. The van der Waals surface area contributed by atoms with Crippen LogP contribution in [0.4, 0.5) is 13.2 Å². The molecule has 1 aliphatic heterocycles. The van der Waals surface area contributed by atoms with Crippen LogP contribution in [0.1, 0.15) is 12.1 Å². The number of halogens is 3. The topological polar surface area (TPSA) is 54.5 Å². The number of likely N-dealkylation sites (tertiary alicyclic amines) is 1. The number of amides is 1. The van der Waals surface area contributed by atoms with Gasteiger partial charge in [0, 0.05) is 19.2 Å². The van der Waals surface area contributed by atoms with Crippen LogP contribution >= 0.6 is 0 Å². The van der Waals surface area contributed by atoms with E-state index in [0.717, 1.165) is 4.90 Å². The Kier molecular flexibility index (Phi) is 4.66. The van der Waals surface area contributed by atoms with Crippen molar-refractivity contribution in [2.75, 3.05) is 20.2 Å². The van der Waals surface area contributed by atoms with Gasteiger partial charge in [0.1, 0.15) is 6.54 Å². The summed E-state index contributed by atoms with van der Waals surface area (Å²) in [6.07, 6.45) is -4.00. The molecule has 0 aliphatic carbocycles. The Hall–Kier alpha value is -1.83. The molecule has 21 heavy (non-hydrogen) atoms. The number of aromatic nitrogens is 1. The van der Waals surface area contributed by atoms with E-state index in [1.807, 2.05) is 0 Å². The van der Waals surface area contributed by atoms with E-state index in [2.05, 4.69) is 10.3 Å². The van der Waals surface area contributed by atoms with Crippen molar-refractivity contribution in [1.82, 2.24) is 15.2 Å². The zero-order chi connectivity index (χ0) is 15.5. The standard InChI is InChI=1S/C13H16F3N3O2/c1-21-11-4-2-3-9(18-11)7-17-10-5-6-19(12(10)20)8-13(14,15)16/h2-4,10,17H,5-8H2,1H3/t10-/m1/s1. The molecule has 1 aromatic rings. The molecule has 1 N–H and O–H groups in total. The Balaban J connectivity index is 1.88. The van der Waals surface area contributed by atoms with E-state index in [1.54, 1.807) is 18.2 Å². The van der Waals surface area contributed by atoms with E-state index < -0.39 is 24.7 Å². The number of hydrogen-bond donors (Lipinski definition) is 1. The first-order valence-corrected chi connectivity index (χ1v) is 6.48. The second-order valence-corrected chi connectivity index (χ2v) is 4.77. The van der Waals surface area contributed by atoms with Crippen LogP contribution in [0, 0.1) is 0 Å². The van der Waals surface area contributed by atoms with E-state index in [4.69, 9.17) is 4.74 Å². The van der Waals surface area contributed by atoms with Crippen LogP contribution in [-0.2, 0) is 11.3 Å². The summed E-state index contributed by atoms with van der Waals surface area (Å²) >= 11 is 0. The second-order valence-electron chi connectivity index (χ2n) is 4.77. The number of rotatable bonds is 5. The minimum Gasteiger partial charge on any atom is -0.481 e. The number of carbonyl (C=O) groups is 1. The van der Waals surface area contributed by atoms with Crippen LogP contribution in [-0.4, -0.2) is 48.2 Å². The first-order chi connectivity index (χ1) is 9.89. The molecule has 0 radical (unpaired) electrons. The fourth-order valence-electron chi connectivity index (χ4n) is 2.20. The van der Waals surface area contributed by atoms with E-state index in [-0.39, 0.29) is 6.54 Å². The summed E-state index contributed by atoms with van der Waals surface area (Å²) in [7, 11) is 1.50. The van der Waals surface area contributed by atoms with Crippen LogP contribution in [0.25, 0.3) is 0 Å². The highest BCUT2D eigenvalue weighted by Gasteiger charge is 2.38. The van der Waals surface area contributed by atoms with Crippen molar-refractivity contribution in [3.05, 3.63) is 23.9 Å². The van der Waals surface area contributed by atoms with Crippen LogP contribution in [0.15, 0.2) is 18.2 Å². The molecule has 1 aliphatic rings. The number of alkyl halides is 3. The molecule has 0 saturated carbocycles. The summed E-state index contributed by atoms with van der Waals surface area (Å²) in [5.41, 5.74) is 0.663. The number of nitrogens with one attached hydrogen (secondary N) is 1. The Morgan fingerprint density at radius 3 is 2.90 bits per heavy atom. The smallest absolute Gasteiger partial charge is 0.406 e. The molecule has 116 valence electrons. The summed E-state index contributed by atoms with van der Waals surface area (Å²) < 4.78 is 41.9. The quantitative estimate of drug-likeness (QED) is 0.892.